The fraction of sp³-hybridized carbons (Fsp3) is 0.625. The van der Waals surface area contributed by atoms with Crippen LogP contribution in [-0.4, -0.2) is 11.6 Å². The highest BCUT2D eigenvalue weighted by Gasteiger charge is 2.05. The van der Waals surface area contributed by atoms with Gasteiger partial charge >= 0.3 is 0 Å². The minimum Gasteiger partial charge on any atom is -0.483 e. The highest BCUT2D eigenvalue weighted by Crippen LogP contribution is 2.26. The van der Waals surface area contributed by atoms with E-state index < -0.39 is 0 Å². The molecule has 1 heterocycles. The van der Waals surface area contributed by atoms with E-state index in [1.165, 1.54) is 0 Å². The third-order valence-corrected chi connectivity index (χ3v) is 2.59. The molecule has 11 heavy (non-hydrogen) atoms. The number of aryl methyl sites for hydroxylation is 2. The highest BCUT2D eigenvalue weighted by molar-refractivity contribution is 7.13. The largest absolute Gasteiger partial charge is 0.483 e. The third-order valence-electron chi connectivity index (χ3n) is 1.38. The molecule has 0 atom stereocenters. The summed E-state index contributed by atoms with van der Waals surface area (Å²) in [5.74, 6) is 0. The second-order valence-electron chi connectivity index (χ2n) is 2.27. The Bertz CT molecular complexity index is 232. The average molecular weight is 171 g/mol. The van der Waals surface area contributed by atoms with E-state index in [1.807, 2.05) is 13.8 Å². The van der Waals surface area contributed by atoms with Crippen molar-refractivity contribution in [2.45, 2.75) is 27.2 Å². The molecule has 0 aliphatic heterocycles. The number of hydrogen-bond donors (Lipinski definition) is 0. The molecule has 0 amide bonds. The van der Waals surface area contributed by atoms with Gasteiger partial charge in [-0.05, 0) is 20.3 Å². The highest BCUT2D eigenvalue weighted by atomic mass is 32.1. The van der Waals surface area contributed by atoms with Crippen molar-refractivity contribution in [3.63, 3.8) is 0 Å². The van der Waals surface area contributed by atoms with E-state index >= 15 is 0 Å². The van der Waals surface area contributed by atoms with Crippen LogP contribution in [0.1, 0.15) is 24.5 Å². The van der Waals surface area contributed by atoms with E-state index in [4.69, 9.17) is 4.74 Å². The number of rotatable bonds is 3. The van der Waals surface area contributed by atoms with Crippen molar-refractivity contribution in [1.29, 1.82) is 0 Å². The molecule has 0 aromatic carbocycles. The fourth-order valence-electron chi connectivity index (χ4n) is 0.853. The first-order valence-electron chi connectivity index (χ1n) is 3.87. The van der Waals surface area contributed by atoms with Gasteiger partial charge in [-0.3, -0.25) is 0 Å². The van der Waals surface area contributed by atoms with Gasteiger partial charge in [0.05, 0.1) is 17.3 Å². The average Bonchev–Trinajstić information content (AvgIpc) is 2.33. The van der Waals surface area contributed by atoms with Crippen LogP contribution in [0.4, 0.5) is 0 Å². The van der Waals surface area contributed by atoms with Gasteiger partial charge in [-0.15, -0.1) is 0 Å². The Balaban J connectivity index is 2.79. The van der Waals surface area contributed by atoms with Crippen LogP contribution >= 0.6 is 11.3 Å². The van der Waals surface area contributed by atoms with Crippen molar-refractivity contribution in [1.82, 2.24) is 4.98 Å². The van der Waals surface area contributed by atoms with Crippen LogP contribution in [0.5, 0.6) is 5.06 Å². The Labute approximate surface area is 71.2 Å². The van der Waals surface area contributed by atoms with E-state index in [-0.39, 0.29) is 0 Å². The maximum absolute atomic E-state index is 5.38. The Hall–Kier alpha value is -0.570. The molecule has 62 valence electrons. The molecule has 0 saturated carbocycles. The van der Waals surface area contributed by atoms with E-state index in [1.54, 1.807) is 11.3 Å². The summed E-state index contributed by atoms with van der Waals surface area (Å²) in [6.45, 7) is 6.81. The van der Waals surface area contributed by atoms with Crippen LogP contribution in [0.2, 0.25) is 0 Å². The number of nitrogens with zero attached hydrogens (tertiary/aromatic N) is 1. The lowest BCUT2D eigenvalue weighted by molar-refractivity contribution is 0.347. The normalized spacial score (nSPS) is 10.1. The topological polar surface area (TPSA) is 22.1 Å². The number of thiazole rings is 1. The molecule has 0 radical (unpaired) electrons. The zero-order chi connectivity index (χ0) is 8.27. The van der Waals surface area contributed by atoms with Crippen molar-refractivity contribution in [2.75, 3.05) is 6.61 Å². The van der Waals surface area contributed by atoms with Crippen LogP contribution in [0.25, 0.3) is 0 Å². The maximum Gasteiger partial charge on any atom is 0.197 e. The summed E-state index contributed by atoms with van der Waals surface area (Å²) in [5.41, 5.74) is 1.02. The van der Waals surface area contributed by atoms with Gasteiger partial charge in [-0.2, -0.15) is 0 Å². The van der Waals surface area contributed by atoms with Crippen LogP contribution < -0.4 is 4.74 Å². The molecule has 3 heteroatoms. The smallest absolute Gasteiger partial charge is 0.197 e. The predicted molar refractivity (Wildman–Crippen MR) is 47.4 cm³/mol. The molecule has 1 rings (SSSR count). The van der Waals surface area contributed by atoms with Gasteiger partial charge < -0.3 is 4.74 Å². The van der Waals surface area contributed by atoms with Gasteiger partial charge in [0, 0.05) is 0 Å². The third kappa shape index (κ3) is 1.93. The van der Waals surface area contributed by atoms with Crippen molar-refractivity contribution in [3.05, 3.63) is 10.7 Å². The summed E-state index contributed by atoms with van der Waals surface area (Å²) in [5, 5.41) is 2.13. The quantitative estimate of drug-likeness (QED) is 0.696. The fourth-order valence-corrected chi connectivity index (χ4v) is 1.76. The minimum atomic E-state index is 0.728. The lowest BCUT2D eigenvalue weighted by Crippen LogP contribution is -1.89. The molecule has 2 nitrogen and oxygen atoms in total. The molecular weight excluding hydrogens is 158 g/mol. The zero-order valence-electron chi connectivity index (χ0n) is 7.18. The summed E-state index contributed by atoms with van der Waals surface area (Å²) >= 11 is 1.65. The summed E-state index contributed by atoms with van der Waals surface area (Å²) in [7, 11) is 0. The maximum atomic E-state index is 5.38. The molecule has 0 bridgehead atoms. The Morgan fingerprint density at radius 1 is 1.45 bits per heavy atom. The molecule has 0 fully saturated rings. The monoisotopic (exact) mass is 171 g/mol. The SMILES string of the molecule is CCOc1sc(CC)nc1C. The van der Waals surface area contributed by atoms with Crippen LogP contribution in [-0.2, 0) is 6.42 Å². The molecule has 0 aliphatic rings. The number of ether oxygens (including phenoxy) is 1. The van der Waals surface area contributed by atoms with Crippen LogP contribution in [0.3, 0.4) is 0 Å². The number of aromatic nitrogens is 1. The van der Waals surface area contributed by atoms with Gasteiger partial charge in [-0.25, -0.2) is 4.98 Å². The van der Waals surface area contributed by atoms with E-state index in [0.717, 1.165) is 28.8 Å². The van der Waals surface area contributed by atoms with Gasteiger partial charge in [-0.1, -0.05) is 18.3 Å². The zero-order valence-corrected chi connectivity index (χ0v) is 7.99. The van der Waals surface area contributed by atoms with Crippen LogP contribution in [0.15, 0.2) is 0 Å². The lowest BCUT2D eigenvalue weighted by Gasteiger charge is -1.96. The van der Waals surface area contributed by atoms with E-state index in [0.29, 0.717) is 0 Å². The van der Waals surface area contributed by atoms with Crippen molar-refractivity contribution >= 4 is 11.3 Å². The van der Waals surface area contributed by atoms with Crippen molar-refractivity contribution in [3.8, 4) is 5.06 Å². The molecule has 0 spiro atoms. The molecule has 1 aromatic heterocycles. The Morgan fingerprint density at radius 3 is 2.64 bits per heavy atom. The molecule has 1 aromatic rings. The minimum absolute atomic E-state index is 0.728. The standard InChI is InChI=1S/C8H13NOS/c1-4-7-9-6(3)8(11-7)10-5-2/h4-5H2,1-3H3. The van der Waals surface area contributed by atoms with Gasteiger partial charge in [0.1, 0.15) is 0 Å². The predicted octanol–water partition coefficient (Wildman–Crippen LogP) is 2.41. The Morgan fingerprint density at radius 2 is 2.18 bits per heavy atom. The molecule has 0 unspecified atom stereocenters. The van der Waals surface area contributed by atoms with Gasteiger partial charge in [0.2, 0.25) is 0 Å². The first-order chi connectivity index (χ1) is 5.27. The van der Waals surface area contributed by atoms with Crippen LogP contribution in [0, 0.1) is 6.92 Å². The van der Waals surface area contributed by atoms with Gasteiger partial charge in [0.25, 0.3) is 0 Å². The molecule has 0 aliphatic carbocycles. The molecule has 0 N–H and O–H groups in total. The van der Waals surface area contributed by atoms with E-state index in [9.17, 15) is 0 Å². The first-order valence-corrected chi connectivity index (χ1v) is 4.68. The Kier molecular flexibility index (Phi) is 2.88. The summed E-state index contributed by atoms with van der Waals surface area (Å²) in [6, 6.07) is 0. The lowest BCUT2D eigenvalue weighted by atomic mass is 10.5. The van der Waals surface area contributed by atoms with Crippen molar-refractivity contribution in [2.24, 2.45) is 0 Å². The summed E-state index contributed by atoms with van der Waals surface area (Å²) in [4.78, 5) is 4.34. The second kappa shape index (κ2) is 3.72. The van der Waals surface area contributed by atoms with Gasteiger partial charge in [0.15, 0.2) is 5.06 Å². The van der Waals surface area contributed by atoms with E-state index in [2.05, 4.69) is 11.9 Å². The molecular formula is C8H13NOS. The van der Waals surface area contributed by atoms with Crippen molar-refractivity contribution < 1.29 is 4.74 Å². The summed E-state index contributed by atoms with van der Waals surface area (Å²) < 4.78 is 5.38. The first kappa shape index (κ1) is 8.53. The summed E-state index contributed by atoms with van der Waals surface area (Å²) in [6.07, 6.45) is 0.999. The molecule has 0 saturated heterocycles. The number of hydrogen-bond acceptors (Lipinski definition) is 3. The second-order valence-corrected chi connectivity index (χ2v) is 3.31.